The van der Waals surface area contributed by atoms with E-state index in [4.69, 9.17) is 24.2 Å². The molecule has 3 aromatic rings. The van der Waals surface area contributed by atoms with E-state index in [9.17, 15) is 4.79 Å². The first-order valence-corrected chi connectivity index (χ1v) is 15.5. The number of aromatic nitrogens is 3. The van der Waals surface area contributed by atoms with E-state index in [0.717, 1.165) is 106 Å². The summed E-state index contributed by atoms with van der Waals surface area (Å²) in [6, 6.07) is 9.73. The number of nitrogens with one attached hydrogen (secondary N) is 1. The van der Waals surface area contributed by atoms with E-state index in [1.807, 2.05) is 35.2 Å². The van der Waals surface area contributed by atoms with Crippen molar-refractivity contribution in [3.05, 3.63) is 41.6 Å². The van der Waals surface area contributed by atoms with Gasteiger partial charge in [-0.05, 0) is 60.9 Å². The second-order valence-corrected chi connectivity index (χ2v) is 12.1. The first-order valence-electron chi connectivity index (χ1n) is 15.5. The molecular formula is C32H46N6O4. The molecule has 1 saturated heterocycles. The lowest BCUT2D eigenvalue weighted by Crippen LogP contribution is -2.37. The van der Waals surface area contributed by atoms with E-state index in [1.54, 1.807) is 0 Å². The van der Waals surface area contributed by atoms with Gasteiger partial charge >= 0.3 is 0 Å². The zero-order chi connectivity index (χ0) is 29.5. The van der Waals surface area contributed by atoms with Crippen LogP contribution in [-0.4, -0.2) is 83.0 Å². The summed E-state index contributed by atoms with van der Waals surface area (Å²) in [5.74, 6) is 3.33. The van der Waals surface area contributed by atoms with Gasteiger partial charge in [-0.15, -0.1) is 0 Å². The number of imidazole rings is 1. The van der Waals surface area contributed by atoms with Crippen molar-refractivity contribution in [3.8, 4) is 11.5 Å². The van der Waals surface area contributed by atoms with Crippen molar-refractivity contribution >= 4 is 23.0 Å². The third kappa shape index (κ3) is 7.72. The Kier molecular flexibility index (Phi) is 10.2. The summed E-state index contributed by atoms with van der Waals surface area (Å²) in [6.07, 6.45) is 2.89. The SMILES string of the molecule is CC(C)CCN(CCC(C)C)C(=O)c1ccc2nc(NCc3ccc4c(c3)OCO4)n(CCCN3CCOCC3)c2n1. The molecule has 2 aromatic heterocycles. The Balaban J connectivity index is 1.38. The molecule has 4 heterocycles. The molecule has 10 nitrogen and oxygen atoms in total. The van der Waals surface area contributed by atoms with Crippen LogP contribution in [0.15, 0.2) is 30.3 Å². The summed E-state index contributed by atoms with van der Waals surface area (Å²) in [5.41, 5.74) is 3.07. The Morgan fingerprint density at radius 2 is 1.69 bits per heavy atom. The highest BCUT2D eigenvalue weighted by molar-refractivity contribution is 5.94. The summed E-state index contributed by atoms with van der Waals surface area (Å²) in [7, 11) is 0. The monoisotopic (exact) mass is 578 g/mol. The van der Waals surface area contributed by atoms with Gasteiger partial charge in [0, 0.05) is 45.8 Å². The Morgan fingerprint density at radius 3 is 2.43 bits per heavy atom. The molecule has 2 aliphatic heterocycles. The minimum Gasteiger partial charge on any atom is -0.454 e. The molecule has 0 atom stereocenters. The fourth-order valence-electron chi connectivity index (χ4n) is 5.28. The second kappa shape index (κ2) is 14.2. The topological polar surface area (TPSA) is 94.0 Å². The maximum absolute atomic E-state index is 13.7. The number of hydrogen-bond donors (Lipinski definition) is 1. The van der Waals surface area contributed by atoms with E-state index in [2.05, 4.69) is 42.5 Å². The van der Waals surface area contributed by atoms with Crippen LogP contribution in [0.4, 0.5) is 5.95 Å². The zero-order valence-corrected chi connectivity index (χ0v) is 25.6. The summed E-state index contributed by atoms with van der Waals surface area (Å²) in [6.45, 7) is 16.3. The van der Waals surface area contributed by atoms with Crippen molar-refractivity contribution in [2.24, 2.45) is 11.8 Å². The number of benzene rings is 1. The molecule has 228 valence electrons. The summed E-state index contributed by atoms with van der Waals surface area (Å²) in [5, 5.41) is 3.52. The second-order valence-electron chi connectivity index (χ2n) is 12.1. The molecule has 1 amide bonds. The van der Waals surface area contributed by atoms with Crippen LogP contribution in [0.2, 0.25) is 0 Å². The number of hydrogen-bond acceptors (Lipinski definition) is 8. The fraction of sp³-hybridized carbons (Fsp3) is 0.594. The molecule has 0 saturated carbocycles. The number of carbonyl (C=O) groups excluding carboxylic acids is 1. The molecule has 0 radical (unpaired) electrons. The van der Waals surface area contributed by atoms with Gasteiger partial charge in [0.15, 0.2) is 17.1 Å². The van der Waals surface area contributed by atoms with Crippen molar-refractivity contribution in [1.82, 2.24) is 24.3 Å². The van der Waals surface area contributed by atoms with Gasteiger partial charge in [0.2, 0.25) is 12.7 Å². The third-order valence-electron chi connectivity index (χ3n) is 7.90. The summed E-state index contributed by atoms with van der Waals surface area (Å²) < 4.78 is 18.7. The van der Waals surface area contributed by atoms with E-state index in [1.165, 1.54) is 0 Å². The molecule has 0 unspecified atom stereocenters. The van der Waals surface area contributed by atoms with Crippen LogP contribution < -0.4 is 14.8 Å². The van der Waals surface area contributed by atoms with Crippen LogP contribution in [0.3, 0.4) is 0 Å². The number of ether oxygens (including phenoxy) is 3. The average Bonchev–Trinajstić information content (AvgIpc) is 3.60. The van der Waals surface area contributed by atoms with Crippen LogP contribution >= 0.6 is 0 Å². The molecular weight excluding hydrogens is 532 g/mol. The molecule has 1 fully saturated rings. The maximum Gasteiger partial charge on any atom is 0.272 e. The van der Waals surface area contributed by atoms with E-state index >= 15 is 0 Å². The smallest absolute Gasteiger partial charge is 0.272 e. The number of amides is 1. The lowest BCUT2D eigenvalue weighted by Gasteiger charge is -2.26. The van der Waals surface area contributed by atoms with Crippen LogP contribution in [0.5, 0.6) is 11.5 Å². The highest BCUT2D eigenvalue weighted by Crippen LogP contribution is 2.32. The number of carbonyl (C=O) groups is 1. The van der Waals surface area contributed by atoms with Gasteiger partial charge < -0.3 is 24.4 Å². The normalized spacial score (nSPS) is 15.2. The first-order chi connectivity index (χ1) is 20.4. The number of rotatable bonds is 14. The third-order valence-corrected chi connectivity index (χ3v) is 7.90. The van der Waals surface area contributed by atoms with Gasteiger partial charge in [-0.25, -0.2) is 9.97 Å². The number of nitrogens with zero attached hydrogens (tertiary/aromatic N) is 5. The van der Waals surface area contributed by atoms with E-state index < -0.39 is 0 Å². The summed E-state index contributed by atoms with van der Waals surface area (Å²) >= 11 is 0. The molecule has 1 N–H and O–H groups in total. The van der Waals surface area contributed by atoms with E-state index in [-0.39, 0.29) is 12.7 Å². The lowest BCUT2D eigenvalue weighted by atomic mass is 10.1. The molecule has 0 spiro atoms. The number of pyridine rings is 1. The minimum atomic E-state index is -0.00543. The van der Waals surface area contributed by atoms with Crippen molar-refractivity contribution < 1.29 is 19.0 Å². The number of morpholine rings is 1. The lowest BCUT2D eigenvalue weighted by molar-refractivity contribution is 0.0370. The molecule has 5 rings (SSSR count). The molecule has 0 bridgehead atoms. The van der Waals surface area contributed by atoms with Crippen LogP contribution in [0.1, 0.15) is 63.0 Å². The van der Waals surface area contributed by atoms with Gasteiger partial charge in [0.1, 0.15) is 11.2 Å². The van der Waals surface area contributed by atoms with Gasteiger partial charge in [0.25, 0.3) is 5.91 Å². The highest BCUT2D eigenvalue weighted by atomic mass is 16.7. The Bertz CT molecular complexity index is 1320. The number of aryl methyl sites for hydroxylation is 1. The van der Waals surface area contributed by atoms with Gasteiger partial charge in [-0.2, -0.15) is 0 Å². The Morgan fingerprint density at radius 1 is 0.952 bits per heavy atom. The van der Waals surface area contributed by atoms with Gasteiger partial charge in [-0.3, -0.25) is 14.3 Å². The zero-order valence-electron chi connectivity index (χ0n) is 25.6. The predicted molar refractivity (Wildman–Crippen MR) is 164 cm³/mol. The maximum atomic E-state index is 13.7. The molecule has 0 aliphatic carbocycles. The van der Waals surface area contributed by atoms with Crippen LogP contribution in [-0.2, 0) is 17.8 Å². The first kappa shape index (κ1) is 30.1. The molecule has 2 aliphatic rings. The fourth-order valence-corrected chi connectivity index (χ4v) is 5.28. The minimum absolute atomic E-state index is 0.00543. The highest BCUT2D eigenvalue weighted by Gasteiger charge is 2.21. The van der Waals surface area contributed by atoms with Crippen molar-refractivity contribution in [2.45, 2.75) is 60.0 Å². The van der Waals surface area contributed by atoms with Crippen molar-refractivity contribution in [2.75, 3.05) is 58.0 Å². The predicted octanol–water partition coefficient (Wildman–Crippen LogP) is 5.03. The molecule has 1 aromatic carbocycles. The van der Waals surface area contributed by atoms with Crippen LogP contribution in [0.25, 0.3) is 11.2 Å². The van der Waals surface area contributed by atoms with Crippen LogP contribution in [0, 0.1) is 11.8 Å². The van der Waals surface area contributed by atoms with Gasteiger partial charge in [0.05, 0.1) is 13.2 Å². The number of anilines is 1. The number of fused-ring (bicyclic) bond motifs is 2. The van der Waals surface area contributed by atoms with E-state index in [0.29, 0.717) is 24.1 Å². The standard InChI is InChI=1S/C32H46N6O4/c1-23(2)10-14-37(15-11-24(3)4)31(39)27-8-7-26-30(34-27)38(13-5-12-36-16-18-40-19-17-36)32(35-26)33-21-25-6-9-28-29(20-25)42-22-41-28/h6-9,20,23-24H,5,10-19,21-22H2,1-4H3,(H,33,35). The Hall–Kier alpha value is -3.37. The molecule has 42 heavy (non-hydrogen) atoms. The van der Waals surface area contributed by atoms with Crippen molar-refractivity contribution in [1.29, 1.82) is 0 Å². The largest absolute Gasteiger partial charge is 0.454 e. The van der Waals surface area contributed by atoms with Crippen molar-refractivity contribution in [3.63, 3.8) is 0 Å². The molecule has 10 heteroatoms. The quantitative estimate of drug-likeness (QED) is 0.285. The Labute approximate surface area is 249 Å². The summed E-state index contributed by atoms with van der Waals surface area (Å²) in [4.78, 5) is 28.0. The van der Waals surface area contributed by atoms with Gasteiger partial charge in [-0.1, -0.05) is 33.8 Å². The average molecular weight is 579 g/mol.